The number of aliphatic hydroxyl groups is 1. The van der Waals surface area contributed by atoms with Crippen molar-refractivity contribution in [1.82, 2.24) is 5.32 Å². The highest BCUT2D eigenvalue weighted by molar-refractivity contribution is 5.85. The molecule has 1 saturated heterocycles. The van der Waals surface area contributed by atoms with Crippen molar-refractivity contribution in [3.05, 3.63) is 0 Å². The molecule has 62 valence electrons. The van der Waals surface area contributed by atoms with Crippen molar-refractivity contribution in [2.24, 2.45) is 0 Å². The van der Waals surface area contributed by atoms with Crippen LogP contribution in [0.15, 0.2) is 0 Å². The Labute approximate surface area is 68.4 Å². The highest BCUT2D eigenvalue weighted by atomic mass is 35.5. The Morgan fingerprint density at radius 1 is 1.60 bits per heavy atom. The van der Waals surface area contributed by atoms with E-state index < -0.39 is 0 Å². The van der Waals surface area contributed by atoms with E-state index in [9.17, 15) is 0 Å². The molecule has 1 aliphatic heterocycles. The number of halogens is 1. The van der Waals surface area contributed by atoms with Crippen molar-refractivity contribution >= 4 is 12.4 Å². The molecule has 10 heavy (non-hydrogen) atoms. The summed E-state index contributed by atoms with van der Waals surface area (Å²) in [6.07, 6.45) is 2.29. The summed E-state index contributed by atoms with van der Waals surface area (Å²) in [6, 6.07) is 0.347. The van der Waals surface area contributed by atoms with Crippen LogP contribution in [0.3, 0.4) is 0 Å². The first-order chi connectivity index (χ1) is 4.14. The van der Waals surface area contributed by atoms with Gasteiger partial charge in [-0.1, -0.05) is 0 Å². The van der Waals surface area contributed by atoms with Gasteiger partial charge in [-0.2, -0.15) is 0 Å². The van der Waals surface area contributed by atoms with Gasteiger partial charge in [0.2, 0.25) is 0 Å². The Morgan fingerprint density at radius 2 is 2.20 bits per heavy atom. The summed E-state index contributed by atoms with van der Waals surface area (Å²) in [5.74, 6) is 0. The molecule has 0 amide bonds. The van der Waals surface area contributed by atoms with Crippen LogP contribution in [0.2, 0.25) is 0 Å². The van der Waals surface area contributed by atoms with E-state index in [1.165, 1.54) is 6.42 Å². The molecule has 0 unspecified atom stereocenters. The maximum Gasteiger partial charge on any atom is 0.0584 e. The van der Waals surface area contributed by atoms with Gasteiger partial charge in [0, 0.05) is 11.6 Å². The molecule has 3 heteroatoms. The Bertz CT molecular complexity index is 106. The van der Waals surface area contributed by atoms with Crippen molar-refractivity contribution in [1.29, 1.82) is 0 Å². The standard InChI is InChI=1S/C7H15NO.ClH/c1-7(2)4-3-6(5-9)8-7;/h6,8-9H,3-5H2,1-2H3;1H/t6-;/m1./s1. The molecule has 0 aromatic carbocycles. The van der Waals surface area contributed by atoms with Gasteiger partial charge in [-0.3, -0.25) is 0 Å². The molecular weight excluding hydrogens is 150 g/mol. The largest absolute Gasteiger partial charge is 0.395 e. The van der Waals surface area contributed by atoms with Gasteiger partial charge in [-0.25, -0.2) is 0 Å². The lowest BCUT2D eigenvalue weighted by atomic mass is 10.0. The van der Waals surface area contributed by atoms with Crippen LogP contribution in [-0.4, -0.2) is 23.3 Å². The summed E-state index contributed by atoms with van der Waals surface area (Å²) in [5, 5.41) is 12.1. The van der Waals surface area contributed by atoms with Gasteiger partial charge in [0.1, 0.15) is 0 Å². The summed E-state index contributed by atoms with van der Waals surface area (Å²) >= 11 is 0. The SMILES string of the molecule is CC1(C)CC[C@H](CO)N1.Cl. The third-order valence-corrected chi connectivity index (χ3v) is 1.93. The predicted molar refractivity (Wildman–Crippen MR) is 44.6 cm³/mol. The van der Waals surface area contributed by atoms with E-state index in [4.69, 9.17) is 5.11 Å². The van der Waals surface area contributed by atoms with Crippen LogP contribution in [0.5, 0.6) is 0 Å². The lowest BCUT2D eigenvalue weighted by molar-refractivity contribution is 0.245. The number of hydrogen-bond donors (Lipinski definition) is 2. The average Bonchev–Trinajstić information content (AvgIpc) is 2.10. The second kappa shape index (κ2) is 3.56. The summed E-state index contributed by atoms with van der Waals surface area (Å²) in [4.78, 5) is 0. The molecule has 1 aliphatic rings. The number of rotatable bonds is 1. The van der Waals surface area contributed by atoms with E-state index in [0.717, 1.165) is 6.42 Å². The minimum Gasteiger partial charge on any atom is -0.395 e. The van der Waals surface area contributed by atoms with Crippen LogP contribution in [0.25, 0.3) is 0 Å². The lowest BCUT2D eigenvalue weighted by Gasteiger charge is -2.18. The molecule has 0 aliphatic carbocycles. The van der Waals surface area contributed by atoms with Gasteiger partial charge in [-0.05, 0) is 26.7 Å². The summed E-state index contributed by atoms with van der Waals surface area (Å²) < 4.78 is 0. The molecule has 0 radical (unpaired) electrons. The zero-order chi connectivity index (χ0) is 6.91. The van der Waals surface area contributed by atoms with Gasteiger partial charge < -0.3 is 10.4 Å². The quantitative estimate of drug-likeness (QED) is 0.606. The fraction of sp³-hybridized carbons (Fsp3) is 1.00. The minimum absolute atomic E-state index is 0. The van der Waals surface area contributed by atoms with E-state index >= 15 is 0 Å². The first-order valence-corrected chi connectivity index (χ1v) is 3.52. The number of nitrogens with one attached hydrogen (secondary N) is 1. The summed E-state index contributed by atoms with van der Waals surface area (Å²) in [6.45, 7) is 4.62. The number of hydrogen-bond acceptors (Lipinski definition) is 2. The van der Waals surface area contributed by atoms with Gasteiger partial charge in [0.25, 0.3) is 0 Å². The van der Waals surface area contributed by atoms with Crippen LogP contribution in [-0.2, 0) is 0 Å². The minimum atomic E-state index is 0. The molecule has 1 fully saturated rings. The Kier molecular flexibility index (Phi) is 3.63. The molecule has 0 spiro atoms. The summed E-state index contributed by atoms with van der Waals surface area (Å²) in [5.41, 5.74) is 0.257. The van der Waals surface area contributed by atoms with Gasteiger partial charge in [0.15, 0.2) is 0 Å². The molecule has 1 rings (SSSR count). The average molecular weight is 166 g/mol. The molecule has 0 bridgehead atoms. The van der Waals surface area contributed by atoms with Gasteiger partial charge in [0.05, 0.1) is 6.61 Å². The van der Waals surface area contributed by atoms with E-state index in [1.54, 1.807) is 0 Å². The first-order valence-electron chi connectivity index (χ1n) is 3.52. The van der Waals surface area contributed by atoms with E-state index in [0.29, 0.717) is 6.04 Å². The van der Waals surface area contributed by atoms with Crippen molar-refractivity contribution in [2.45, 2.75) is 38.3 Å². The Balaban J connectivity index is 0.000000810. The topological polar surface area (TPSA) is 32.3 Å². The fourth-order valence-electron chi connectivity index (χ4n) is 1.37. The van der Waals surface area contributed by atoms with Gasteiger partial charge >= 0.3 is 0 Å². The second-order valence-electron chi connectivity index (χ2n) is 3.45. The van der Waals surface area contributed by atoms with Crippen molar-refractivity contribution in [3.63, 3.8) is 0 Å². The molecular formula is C7H16ClNO. The highest BCUT2D eigenvalue weighted by Crippen LogP contribution is 2.21. The molecule has 2 N–H and O–H groups in total. The summed E-state index contributed by atoms with van der Waals surface area (Å²) in [7, 11) is 0. The van der Waals surface area contributed by atoms with Crippen molar-refractivity contribution in [2.75, 3.05) is 6.61 Å². The van der Waals surface area contributed by atoms with Crippen LogP contribution >= 0.6 is 12.4 Å². The van der Waals surface area contributed by atoms with E-state index in [-0.39, 0.29) is 24.6 Å². The monoisotopic (exact) mass is 165 g/mol. The van der Waals surface area contributed by atoms with Crippen LogP contribution < -0.4 is 5.32 Å². The van der Waals surface area contributed by atoms with Crippen LogP contribution in [0.1, 0.15) is 26.7 Å². The third-order valence-electron chi connectivity index (χ3n) is 1.93. The van der Waals surface area contributed by atoms with E-state index in [2.05, 4.69) is 19.2 Å². The first kappa shape index (κ1) is 10.2. The number of aliphatic hydroxyl groups excluding tert-OH is 1. The van der Waals surface area contributed by atoms with Gasteiger partial charge in [-0.15, -0.1) is 12.4 Å². The zero-order valence-corrected chi connectivity index (χ0v) is 7.37. The highest BCUT2D eigenvalue weighted by Gasteiger charge is 2.28. The normalized spacial score (nSPS) is 29.7. The van der Waals surface area contributed by atoms with Crippen LogP contribution in [0, 0.1) is 0 Å². The lowest BCUT2D eigenvalue weighted by Crippen LogP contribution is -2.38. The smallest absolute Gasteiger partial charge is 0.0584 e. The maximum atomic E-state index is 8.74. The molecule has 1 heterocycles. The molecule has 0 aromatic heterocycles. The predicted octanol–water partition coefficient (Wildman–Crippen LogP) is 0.931. The molecule has 0 aromatic rings. The molecule has 1 atom stereocenters. The second-order valence-corrected chi connectivity index (χ2v) is 3.45. The van der Waals surface area contributed by atoms with Crippen molar-refractivity contribution < 1.29 is 5.11 Å². The zero-order valence-electron chi connectivity index (χ0n) is 6.55. The molecule has 2 nitrogen and oxygen atoms in total. The van der Waals surface area contributed by atoms with Crippen LogP contribution in [0.4, 0.5) is 0 Å². The van der Waals surface area contributed by atoms with E-state index in [1.807, 2.05) is 0 Å². The Morgan fingerprint density at radius 3 is 2.40 bits per heavy atom. The van der Waals surface area contributed by atoms with Crippen molar-refractivity contribution in [3.8, 4) is 0 Å². The molecule has 0 saturated carbocycles. The third kappa shape index (κ3) is 2.45. The Hall–Kier alpha value is 0.210. The maximum absolute atomic E-state index is 8.74. The fourth-order valence-corrected chi connectivity index (χ4v) is 1.37.